The van der Waals surface area contributed by atoms with Crippen LogP contribution in [0.1, 0.15) is 25.7 Å². The summed E-state index contributed by atoms with van der Waals surface area (Å²) in [5.41, 5.74) is -0.406. The second-order valence-electron chi connectivity index (χ2n) is 3.76. The van der Waals surface area contributed by atoms with Gasteiger partial charge in [0.05, 0.1) is 12.9 Å². The van der Waals surface area contributed by atoms with Gasteiger partial charge < -0.3 is 14.9 Å². The van der Waals surface area contributed by atoms with Crippen LogP contribution in [0.5, 0.6) is 0 Å². The first-order valence-corrected chi connectivity index (χ1v) is 4.77. The van der Waals surface area contributed by atoms with Gasteiger partial charge in [0.15, 0.2) is 0 Å². The molecule has 0 aliphatic carbocycles. The van der Waals surface area contributed by atoms with E-state index in [1.165, 1.54) is 6.26 Å². The number of carboxylic acid groups (broad SMARTS) is 2. The second-order valence-corrected chi connectivity index (χ2v) is 3.76. The zero-order valence-corrected chi connectivity index (χ0v) is 8.31. The summed E-state index contributed by atoms with van der Waals surface area (Å²) >= 11 is 0. The second kappa shape index (κ2) is 4.82. The summed E-state index contributed by atoms with van der Waals surface area (Å²) in [4.78, 5) is 20.9. The molecule has 0 unspecified atom stereocenters. The molecule has 84 valence electrons. The van der Waals surface area contributed by atoms with E-state index in [9.17, 15) is 9.59 Å². The Balaban J connectivity index is 2.50. The highest BCUT2D eigenvalue weighted by Gasteiger charge is 2.32. The summed E-state index contributed by atoms with van der Waals surface area (Å²) in [5, 5.41) is 17.2. The lowest BCUT2D eigenvalue weighted by Crippen LogP contribution is -2.22. The summed E-state index contributed by atoms with van der Waals surface area (Å²) in [5.74, 6) is -1.74. The first-order valence-electron chi connectivity index (χ1n) is 4.77. The van der Waals surface area contributed by atoms with Crippen LogP contribution in [0.4, 0.5) is 0 Å². The highest BCUT2D eigenvalue weighted by atomic mass is 16.5. The fraction of sp³-hybridized carbons (Fsp3) is 0.600. The fourth-order valence-corrected chi connectivity index (χ4v) is 1.60. The van der Waals surface area contributed by atoms with Gasteiger partial charge in [0, 0.05) is 18.3 Å². The van der Waals surface area contributed by atoms with Crippen LogP contribution in [0.25, 0.3) is 0 Å². The van der Waals surface area contributed by atoms with Crippen LogP contribution >= 0.6 is 0 Å². The normalized spacial score (nSPS) is 17.3. The van der Waals surface area contributed by atoms with Crippen molar-refractivity contribution < 1.29 is 24.5 Å². The zero-order chi connectivity index (χ0) is 11.3. The lowest BCUT2D eigenvalue weighted by molar-refractivity contribution is -0.137. The Morgan fingerprint density at radius 1 is 1.20 bits per heavy atom. The molecule has 1 rings (SSSR count). The third-order valence-electron chi connectivity index (χ3n) is 2.56. The topological polar surface area (TPSA) is 83.8 Å². The molecule has 0 amide bonds. The molecule has 2 N–H and O–H groups in total. The van der Waals surface area contributed by atoms with Gasteiger partial charge in [0.25, 0.3) is 0 Å². The van der Waals surface area contributed by atoms with Gasteiger partial charge in [-0.3, -0.25) is 9.59 Å². The molecular formula is C10H14O5. The highest BCUT2D eigenvalue weighted by Crippen LogP contribution is 2.35. The third kappa shape index (κ3) is 3.61. The van der Waals surface area contributed by atoms with Crippen molar-refractivity contribution in [3.63, 3.8) is 0 Å². The number of hydrogen-bond donors (Lipinski definition) is 2. The molecule has 0 radical (unpaired) electrons. The van der Waals surface area contributed by atoms with Crippen molar-refractivity contribution >= 4 is 11.9 Å². The average Bonchev–Trinajstić information content (AvgIpc) is 2.61. The predicted octanol–water partition coefficient (Wildman–Crippen LogP) is 1.25. The van der Waals surface area contributed by atoms with Crippen LogP contribution < -0.4 is 0 Å². The molecule has 0 fully saturated rings. The molecular weight excluding hydrogens is 200 g/mol. The Hall–Kier alpha value is -1.52. The molecule has 0 aromatic rings. The van der Waals surface area contributed by atoms with E-state index in [0.29, 0.717) is 19.4 Å². The summed E-state index contributed by atoms with van der Waals surface area (Å²) in [7, 11) is 0. The van der Waals surface area contributed by atoms with E-state index in [2.05, 4.69) is 0 Å². The van der Waals surface area contributed by atoms with Crippen LogP contribution in [-0.4, -0.2) is 28.8 Å². The summed E-state index contributed by atoms with van der Waals surface area (Å²) in [6.07, 6.45) is 4.21. The molecule has 5 nitrogen and oxygen atoms in total. The number of aliphatic carboxylic acids is 2. The quantitative estimate of drug-likeness (QED) is 0.695. The standard InChI is InChI=1S/C10H14O5/c11-8(12)1-3-10(4-2-9(13)14)5-6-15-7-10/h5-6H,1-4,7H2,(H,11,12)(H,13,14). The zero-order valence-electron chi connectivity index (χ0n) is 8.31. The van der Waals surface area contributed by atoms with E-state index < -0.39 is 17.4 Å². The van der Waals surface area contributed by atoms with Crippen molar-refractivity contribution in [1.82, 2.24) is 0 Å². The van der Waals surface area contributed by atoms with Crippen LogP contribution in [0.3, 0.4) is 0 Å². The van der Waals surface area contributed by atoms with E-state index >= 15 is 0 Å². The third-order valence-corrected chi connectivity index (χ3v) is 2.56. The first kappa shape index (κ1) is 11.6. The van der Waals surface area contributed by atoms with Gasteiger partial charge in [-0.25, -0.2) is 0 Å². The molecule has 0 atom stereocenters. The van der Waals surface area contributed by atoms with Crippen LogP contribution in [0.15, 0.2) is 12.3 Å². The predicted molar refractivity (Wildman–Crippen MR) is 51.3 cm³/mol. The largest absolute Gasteiger partial charge is 0.501 e. The molecule has 0 aromatic carbocycles. The van der Waals surface area contributed by atoms with Gasteiger partial charge in [0.1, 0.15) is 0 Å². The molecule has 1 aliphatic rings. The Morgan fingerprint density at radius 2 is 1.73 bits per heavy atom. The van der Waals surface area contributed by atoms with Crippen LogP contribution in [0.2, 0.25) is 0 Å². The van der Waals surface area contributed by atoms with E-state index in [0.717, 1.165) is 0 Å². The van der Waals surface area contributed by atoms with E-state index in [1.807, 2.05) is 0 Å². The van der Waals surface area contributed by atoms with Gasteiger partial charge in [-0.2, -0.15) is 0 Å². The van der Waals surface area contributed by atoms with E-state index in [-0.39, 0.29) is 12.8 Å². The molecule has 0 spiro atoms. The molecule has 0 saturated heterocycles. The van der Waals surface area contributed by atoms with Gasteiger partial charge in [-0.05, 0) is 18.9 Å². The SMILES string of the molecule is O=C(O)CCC1(CCC(=O)O)C=COC1. The lowest BCUT2D eigenvalue weighted by atomic mass is 9.80. The smallest absolute Gasteiger partial charge is 0.303 e. The van der Waals surface area contributed by atoms with Crippen molar-refractivity contribution in [2.24, 2.45) is 5.41 Å². The Kier molecular flexibility index (Phi) is 3.71. The minimum atomic E-state index is -0.870. The molecule has 0 bridgehead atoms. The van der Waals surface area contributed by atoms with Crippen molar-refractivity contribution in [2.75, 3.05) is 6.61 Å². The van der Waals surface area contributed by atoms with Crippen LogP contribution in [0, 0.1) is 5.41 Å². The molecule has 5 heteroatoms. The fourth-order valence-electron chi connectivity index (χ4n) is 1.60. The average molecular weight is 214 g/mol. The number of carboxylic acids is 2. The molecule has 1 aliphatic heterocycles. The Labute approximate surface area is 87.4 Å². The number of hydrogen-bond acceptors (Lipinski definition) is 3. The maximum Gasteiger partial charge on any atom is 0.303 e. The van der Waals surface area contributed by atoms with Gasteiger partial charge >= 0.3 is 11.9 Å². The summed E-state index contributed by atoms with van der Waals surface area (Å²) < 4.78 is 5.06. The van der Waals surface area contributed by atoms with E-state index in [4.69, 9.17) is 14.9 Å². The summed E-state index contributed by atoms with van der Waals surface area (Å²) in [6.45, 7) is 0.382. The molecule has 0 saturated carbocycles. The number of ether oxygens (including phenoxy) is 1. The Bertz CT molecular complexity index is 264. The van der Waals surface area contributed by atoms with Crippen molar-refractivity contribution in [3.05, 3.63) is 12.3 Å². The minimum absolute atomic E-state index is 0.0350. The first-order chi connectivity index (χ1) is 7.04. The number of rotatable bonds is 6. The van der Waals surface area contributed by atoms with Gasteiger partial charge in [-0.1, -0.05) is 0 Å². The van der Waals surface area contributed by atoms with Crippen LogP contribution in [-0.2, 0) is 14.3 Å². The monoisotopic (exact) mass is 214 g/mol. The van der Waals surface area contributed by atoms with Crippen molar-refractivity contribution in [2.45, 2.75) is 25.7 Å². The highest BCUT2D eigenvalue weighted by molar-refractivity contribution is 5.67. The Morgan fingerprint density at radius 3 is 2.07 bits per heavy atom. The van der Waals surface area contributed by atoms with Gasteiger partial charge in [0.2, 0.25) is 0 Å². The van der Waals surface area contributed by atoms with E-state index in [1.54, 1.807) is 6.08 Å². The maximum atomic E-state index is 10.5. The molecule has 1 heterocycles. The molecule has 15 heavy (non-hydrogen) atoms. The number of carbonyl (C=O) groups is 2. The maximum absolute atomic E-state index is 10.5. The summed E-state index contributed by atoms with van der Waals surface area (Å²) in [6, 6.07) is 0. The van der Waals surface area contributed by atoms with Crippen molar-refractivity contribution in [3.8, 4) is 0 Å². The lowest BCUT2D eigenvalue weighted by Gasteiger charge is -2.23. The molecule has 0 aromatic heterocycles. The minimum Gasteiger partial charge on any atom is -0.501 e. The van der Waals surface area contributed by atoms with Crippen molar-refractivity contribution in [1.29, 1.82) is 0 Å². The van der Waals surface area contributed by atoms with Gasteiger partial charge in [-0.15, -0.1) is 0 Å².